The molecular weight excluding hydrogens is 290 g/mol. The molecule has 23 heavy (non-hydrogen) atoms. The smallest absolute Gasteiger partial charge is 0.332 e. The summed E-state index contributed by atoms with van der Waals surface area (Å²) in [6.45, 7) is 3.33. The number of carbonyl (C=O) groups is 2. The van der Waals surface area contributed by atoms with Crippen LogP contribution in [-0.4, -0.2) is 11.9 Å². The number of nitrogens with zero attached hydrogens (tertiary/aromatic N) is 1. The van der Waals surface area contributed by atoms with Gasteiger partial charge < -0.3 is 11.1 Å². The maximum atomic E-state index is 12.2. The number of imide groups is 1. The van der Waals surface area contributed by atoms with E-state index in [0.29, 0.717) is 11.4 Å². The monoisotopic (exact) mass is 309 g/mol. The molecule has 0 fully saturated rings. The van der Waals surface area contributed by atoms with Crippen molar-refractivity contribution in [2.45, 2.75) is 13.8 Å². The third kappa shape index (κ3) is 4.44. The molecule has 0 saturated carbocycles. The molecule has 2 aromatic carbocycles. The molecule has 3 N–H and O–H groups in total. The number of nitrogens with one attached hydrogen (secondary N) is 1. The summed E-state index contributed by atoms with van der Waals surface area (Å²) in [4.78, 5) is 25.0. The lowest BCUT2D eigenvalue weighted by atomic mass is 10.1. The summed E-state index contributed by atoms with van der Waals surface area (Å²) in [7, 11) is 0. The summed E-state index contributed by atoms with van der Waals surface area (Å²) >= 11 is 0. The van der Waals surface area contributed by atoms with E-state index in [9.17, 15) is 9.59 Å². The van der Waals surface area contributed by atoms with Gasteiger partial charge in [0, 0.05) is 18.8 Å². The molecule has 5 nitrogen and oxygen atoms in total. The molecule has 0 atom stereocenters. The summed E-state index contributed by atoms with van der Waals surface area (Å²) in [5.74, 6) is -0.392. The van der Waals surface area contributed by atoms with Crippen LogP contribution in [0.25, 0.3) is 6.08 Å². The molecule has 0 heterocycles. The first kappa shape index (κ1) is 16.3. The standard InChI is InChI=1S/C18H19N3O2/c1-13-6-8-15(9-7-13)10-11-20-18(23)21(14(2)22)17-5-3-4-16(19)12-17/h3-12H,19H2,1-2H3,(H,20,23)/b11-10+. The summed E-state index contributed by atoms with van der Waals surface area (Å²) in [6, 6.07) is 13.9. The molecule has 0 aliphatic heterocycles. The van der Waals surface area contributed by atoms with Gasteiger partial charge in [0.05, 0.1) is 5.69 Å². The van der Waals surface area contributed by atoms with Crippen LogP contribution in [0.2, 0.25) is 0 Å². The van der Waals surface area contributed by atoms with Gasteiger partial charge in [0.15, 0.2) is 0 Å². The SMILES string of the molecule is CC(=O)N(C(=O)N/C=C/c1ccc(C)cc1)c1cccc(N)c1. The number of urea groups is 1. The van der Waals surface area contributed by atoms with Crippen molar-refractivity contribution < 1.29 is 9.59 Å². The van der Waals surface area contributed by atoms with Crippen LogP contribution in [0.3, 0.4) is 0 Å². The highest BCUT2D eigenvalue weighted by atomic mass is 16.2. The minimum absolute atomic E-state index is 0.392. The van der Waals surface area contributed by atoms with Gasteiger partial charge in [-0.2, -0.15) is 0 Å². The Kier molecular flexibility index (Phi) is 5.15. The summed E-state index contributed by atoms with van der Waals surface area (Å²) in [6.07, 6.45) is 3.27. The van der Waals surface area contributed by atoms with Crippen molar-refractivity contribution in [3.05, 3.63) is 65.9 Å². The molecule has 0 radical (unpaired) electrons. The van der Waals surface area contributed by atoms with Crippen LogP contribution in [0.1, 0.15) is 18.1 Å². The fourth-order valence-electron chi connectivity index (χ4n) is 2.06. The number of carbonyl (C=O) groups excluding carboxylic acids is 2. The van der Waals surface area contributed by atoms with Gasteiger partial charge in [-0.1, -0.05) is 35.9 Å². The van der Waals surface area contributed by atoms with E-state index in [2.05, 4.69) is 5.32 Å². The van der Waals surface area contributed by atoms with E-state index in [1.807, 2.05) is 31.2 Å². The highest BCUT2D eigenvalue weighted by molar-refractivity contribution is 6.13. The number of hydrogen-bond acceptors (Lipinski definition) is 3. The van der Waals surface area contributed by atoms with Gasteiger partial charge in [-0.05, 0) is 36.8 Å². The molecule has 0 bridgehead atoms. The molecule has 118 valence electrons. The fraction of sp³-hybridized carbons (Fsp3) is 0.111. The Morgan fingerprint density at radius 3 is 2.43 bits per heavy atom. The van der Waals surface area contributed by atoms with E-state index in [1.165, 1.54) is 13.1 Å². The van der Waals surface area contributed by atoms with Gasteiger partial charge in [-0.3, -0.25) is 4.79 Å². The highest BCUT2D eigenvalue weighted by Gasteiger charge is 2.19. The zero-order valence-electron chi connectivity index (χ0n) is 13.1. The van der Waals surface area contributed by atoms with E-state index in [0.717, 1.165) is 16.0 Å². The maximum Gasteiger partial charge on any atom is 0.332 e. The summed E-state index contributed by atoms with van der Waals surface area (Å²) in [5, 5.41) is 2.59. The second kappa shape index (κ2) is 7.26. The predicted molar refractivity (Wildman–Crippen MR) is 92.8 cm³/mol. The molecule has 0 aliphatic rings. The summed E-state index contributed by atoms with van der Waals surface area (Å²) in [5.41, 5.74) is 8.73. The van der Waals surface area contributed by atoms with Crippen molar-refractivity contribution in [1.82, 2.24) is 5.32 Å². The Labute approximate surface area is 135 Å². The first-order chi connectivity index (χ1) is 11.0. The number of hydrogen-bond donors (Lipinski definition) is 2. The number of benzene rings is 2. The van der Waals surface area contributed by atoms with Crippen LogP contribution in [0, 0.1) is 6.92 Å². The Morgan fingerprint density at radius 2 is 1.83 bits per heavy atom. The van der Waals surface area contributed by atoms with E-state index in [-0.39, 0.29) is 0 Å². The molecule has 2 rings (SSSR count). The third-order valence-electron chi connectivity index (χ3n) is 3.21. The fourth-order valence-corrected chi connectivity index (χ4v) is 2.06. The number of aryl methyl sites for hydroxylation is 1. The third-order valence-corrected chi connectivity index (χ3v) is 3.21. The minimum atomic E-state index is -0.536. The second-order valence-corrected chi connectivity index (χ2v) is 5.14. The van der Waals surface area contributed by atoms with Gasteiger partial charge in [-0.15, -0.1) is 0 Å². The lowest BCUT2D eigenvalue weighted by Crippen LogP contribution is -2.41. The van der Waals surface area contributed by atoms with Crippen molar-refractivity contribution in [1.29, 1.82) is 0 Å². The van der Waals surface area contributed by atoms with Crippen LogP contribution in [0.15, 0.2) is 54.7 Å². The average molecular weight is 309 g/mol. The Morgan fingerprint density at radius 1 is 1.13 bits per heavy atom. The topological polar surface area (TPSA) is 75.4 Å². The van der Waals surface area contributed by atoms with Gasteiger partial charge in [-0.25, -0.2) is 9.69 Å². The van der Waals surface area contributed by atoms with Crippen molar-refractivity contribution in [2.75, 3.05) is 10.6 Å². The average Bonchev–Trinajstić information content (AvgIpc) is 2.49. The molecule has 0 aromatic heterocycles. The van der Waals surface area contributed by atoms with Crippen molar-refractivity contribution in [3.63, 3.8) is 0 Å². The first-order valence-electron chi connectivity index (χ1n) is 7.17. The Bertz CT molecular complexity index is 736. The highest BCUT2D eigenvalue weighted by Crippen LogP contribution is 2.18. The number of nitrogen functional groups attached to an aromatic ring is 1. The molecule has 3 amide bonds. The molecular formula is C18H19N3O2. The van der Waals surface area contributed by atoms with E-state index in [1.54, 1.807) is 30.3 Å². The van der Waals surface area contributed by atoms with Crippen molar-refractivity contribution in [3.8, 4) is 0 Å². The molecule has 5 heteroatoms. The normalized spacial score (nSPS) is 10.5. The number of amides is 3. The van der Waals surface area contributed by atoms with Gasteiger partial charge in [0.25, 0.3) is 0 Å². The van der Waals surface area contributed by atoms with E-state index in [4.69, 9.17) is 5.73 Å². The Balaban J connectivity index is 2.10. The van der Waals surface area contributed by atoms with Gasteiger partial charge in [0.1, 0.15) is 0 Å². The lowest BCUT2D eigenvalue weighted by Gasteiger charge is -2.19. The predicted octanol–water partition coefficient (Wildman–Crippen LogP) is 3.31. The number of nitrogens with two attached hydrogens (primary N) is 1. The molecule has 2 aromatic rings. The van der Waals surface area contributed by atoms with Gasteiger partial charge in [0.2, 0.25) is 5.91 Å². The van der Waals surface area contributed by atoms with Crippen molar-refractivity contribution >= 4 is 29.4 Å². The Hall–Kier alpha value is -3.08. The zero-order chi connectivity index (χ0) is 16.8. The van der Waals surface area contributed by atoms with Crippen LogP contribution >= 0.6 is 0 Å². The lowest BCUT2D eigenvalue weighted by molar-refractivity contribution is -0.115. The first-order valence-corrected chi connectivity index (χ1v) is 7.17. The number of anilines is 2. The largest absolute Gasteiger partial charge is 0.399 e. The summed E-state index contributed by atoms with van der Waals surface area (Å²) < 4.78 is 0. The molecule has 0 unspecified atom stereocenters. The van der Waals surface area contributed by atoms with Crippen molar-refractivity contribution in [2.24, 2.45) is 0 Å². The van der Waals surface area contributed by atoms with E-state index < -0.39 is 11.9 Å². The van der Waals surface area contributed by atoms with Crippen LogP contribution < -0.4 is 16.0 Å². The maximum absolute atomic E-state index is 12.2. The van der Waals surface area contributed by atoms with Crippen LogP contribution in [-0.2, 0) is 4.79 Å². The van der Waals surface area contributed by atoms with Gasteiger partial charge >= 0.3 is 6.03 Å². The molecule has 0 spiro atoms. The zero-order valence-corrected chi connectivity index (χ0v) is 13.1. The van der Waals surface area contributed by atoms with E-state index >= 15 is 0 Å². The molecule has 0 aliphatic carbocycles. The number of rotatable bonds is 3. The second-order valence-electron chi connectivity index (χ2n) is 5.14. The quantitative estimate of drug-likeness (QED) is 0.854. The molecule has 0 saturated heterocycles. The van der Waals surface area contributed by atoms with Crippen LogP contribution in [0.4, 0.5) is 16.2 Å². The van der Waals surface area contributed by atoms with Crippen LogP contribution in [0.5, 0.6) is 0 Å². The minimum Gasteiger partial charge on any atom is -0.399 e.